The van der Waals surface area contributed by atoms with E-state index in [-0.39, 0.29) is 0 Å². The van der Waals surface area contributed by atoms with E-state index in [9.17, 15) is 5.11 Å². The van der Waals surface area contributed by atoms with Gasteiger partial charge in [0.15, 0.2) is 5.56 Å². The highest BCUT2D eigenvalue weighted by molar-refractivity contribution is 8.14. The van der Waals surface area contributed by atoms with Crippen LogP contribution in [0.2, 0.25) is 0 Å². The first-order valence-corrected chi connectivity index (χ1v) is 5.41. The Bertz CT molecular complexity index is 233. The van der Waals surface area contributed by atoms with Gasteiger partial charge in [-0.15, -0.1) is 0 Å². The lowest BCUT2D eigenvalue weighted by Crippen LogP contribution is -2.18. The van der Waals surface area contributed by atoms with Gasteiger partial charge in [-0.3, -0.25) is 5.43 Å². The number of aliphatic hydroxyl groups excluding tert-OH is 1. The van der Waals surface area contributed by atoms with Gasteiger partial charge in [0.05, 0.1) is 0 Å². The Labute approximate surface area is 82.4 Å². The van der Waals surface area contributed by atoms with Crippen molar-refractivity contribution >= 4 is 16.8 Å². The largest absolute Gasteiger partial charge is 0.363 e. The summed E-state index contributed by atoms with van der Waals surface area (Å²) in [7, 11) is 2.13. The first-order valence-electron chi connectivity index (χ1n) is 4.53. The number of aliphatic hydroxyl groups is 1. The third kappa shape index (κ3) is 1.82. The molecule has 0 aliphatic carbocycles. The molecule has 0 aromatic heterocycles. The summed E-state index contributed by atoms with van der Waals surface area (Å²) in [6.45, 7) is 4.42. The quantitative estimate of drug-likeness (QED) is 0.632. The van der Waals surface area contributed by atoms with Crippen molar-refractivity contribution in [2.75, 3.05) is 20.1 Å². The van der Waals surface area contributed by atoms with Crippen LogP contribution in [0.5, 0.6) is 0 Å². The van der Waals surface area contributed by atoms with E-state index in [1.54, 1.807) is 0 Å². The molecule has 2 rings (SSSR count). The molecule has 0 saturated carbocycles. The van der Waals surface area contributed by atoms with Gasteiger partial charge >= 0.3 is 0 Å². The van der Waals surface area contributed by atoms with Crippen molar-refractivity contribution in [3.63, 3.8) is 0 Å². The summed E-state index contributed by atoms with van der Waals surface area (Å²) in [6, 6.07) is 0. The van der Waals surface area contributed by atoms with Crippen LogP contribution in [0, 0.1) is 11.8 Å². The van der Waals surface area contributed by atoms with Gasteiger partial charge in [0.1, 0.15) is 5.04 Å². The number of thioether (sulfide) groups is 1. The van der Waals surface area contributed by atoms with Crippen LogP contribution in [-0.4, -0.2) is 40.7 Å². The van der Waals surface area contributed by atoms with Crippen molar-refractivity contribution in [3.05, 3.63) is 0 Å². The molecule has 5 heteroatoms. The number of hydrazone groups is 1. The van der Waals surface area contributed by atoms with Crippen molar-refractivity contribution in [1.82, 2.24) is 10.3 Å². The molecule has 0 radical (unpaired) electrons. The summed E-state index contributed by atoms with van der Waals surface area (Å²) >= 11 is 1.44. The van der Waals surface area contributed by atoms with Crippen molar-refractivity contribution in [2.24, 2.45) is 16.9 Å². The molecule has 13 heavy (non-hydrogen) atoms. The monoisotopic (exact) mass is 201 g/mol. The van der Waals surface area contributed by atoms with Gasteiger partial charge in [0.2, 0.25) is 0 Å². The number of hydrogen-bond acceptors (Lipinski definition) is 5. The smallest absolute Gasteiger partial charge is 0.194 e. The van der Waals surface area contributed by atoms with Crippen molar-refractivity contribution in [2.45, 2.75) is 12.5 Å². The van der Waals surface area contributed by atoms with Crippen LogP contribution in [0.25, 0.3) is 0 Å². The summed E-state index contributed by atoms with van der Waals surface area (Å²) in [5, 5.41) is 14.4. The molecule has 1 saturated heterocycles. The fourth-order valence-corrected chi connectivity index (χ4v) is 2.91. The van der Waals surface area contributed by atoms with Crippen LogP contribution in [0.15, 0.2) is 5.10 Å². The van der Waals surface area contributed by atoms with Crippen LogP contribution in [0.1, 0.15) is 6.92 Å². The van der Waals surface area contributed by atoms with Gasteiger partial charge in [-0.25, -0.2) is 0 Å². The molecule has 74 valence electrons. The van der Waals surface area contributed by atoms with Crippen molar-refractivity contribution < 1.29 is 5.11 Å². The average Bonchev–Trinajstić information content (AvgIpc) is 2.58. The minimum Gasteiger partial charge on any atom is -0.363 e. The van der Waals surface area contributed by atoms with Gasteiger partial charge in [0, 0.05) is 19.0 Å². The van der Waals surface area contributed by atoms with E-state index in [2.05, 4.69) is 29.4 Å². The minimum absolute atomic E-state index is 0.500. The van der Waals surface area contributed by atoms with Crippen LogP contribution in [-0.2, 0) is 0 Å². The fourth-order valence-electron chi connectivity index (χ4n) is 1.99. The lowest BCUT2D eigenvalue weighted by Gasteiger charge is -2.12. The summed E-state index contributed by atoms with van der Waals surface area (Å²) < 4.78 is 0. The van der Waals surface area contributed by atoms with E-state index in [1.165, 1.54) is 11.8 Å². The van der Waals surface area contributed by atoms with E-state index < -0.39 is 5.56 Å². The van der Waals surface area contributed by atoms with Gasteiger partial charge < -0.3 is 10.0 Å². The zero-order valence-electron chi connectivity index (χ0n) is 7.90. The normalized spacial score (nSPS) is 40.5. The number of nitrogens with one attached hydrogen (secondary N) is 1. The van der Waals surface area contributed by atoms with Crippen LogP contribution in [0.3, 0.4) is 0 Å². The van der Waals surface area contributed by atoms with Crippen LogP contribution in [0.4, 0.5) is 0 Å². The highest BCUT2D eigenvalue weighted by Gasteiger charge is 2.34. The maximum absolute atomic E-state index is 9.24. The molecule has 0 aromatic rings. The number of rotatable bonds is 1. The first kappa shape index (κ1) is 9.30. The van der Waals surface area contributed by atoms with E-state index in [0.29, 0.717) is 11.8 Å². The van der Waals surface area contributed by atoms with Gasteiger partial charge in [0.25, 0.3) is 0 Å². The maximum atomic E-state index is 9.24. The standard InChI is InChI=1S/C8H15N3OS/c1-5-3-11(2)4-6(5)7-9-10-8(12)13-7/h5-6,8,10,12H,3-4H2,1-2H3/t5-,6+,8?/m1/s1. The molecule has 2 N–H and O–H groups in total. The average molecular weight is 201 g/mol. The fraction of sp³-hybridized carbons (Fsp3) is 0.875. The Morgan fingerprint density at radius 3 is 2.85 bits per heavy atom. The van der Waals surface area contributed by atoms with E-state index in [4.69, 9.17) is 0 Å². The summed E-state index contributed by atoms with van der Waals surface area (Å²) in [6.07, 6.45) is 0. The third-order valence-corrected chi connectivity index (χ3v) is 3.59. The summed E-state index contributed by atoms with van der Waals surface area (Å²) in [5.41, 5.74) is 2.14. The van der Waals surface area contributed by atoms with Gasteiger partial charge in [-0.05, 0) is 13.0 Å². The third-order valence-electron chi connectivity index (χ3n) is 2.63. The Morgan fingerprint density at radius 2 is 2.38 bits per heavy atom. The summed E-state index contributed by atoms with van der Waals surface area (Å²) in [4.78, 5) is 2.31. The molecule has 0 amide bonds. The molecule has 0 spiro atoms. The highest BCUT2D eigenvalue weighted by Crippen LogP contribution is 2.30. The molecule has 1 unspecified atom stereocenters. The van der Waals surface area contributed by atoms with Crippen LogP contribution < -0.4 is 5.43 Å². The first-order chi connectivity index (χ1) is 6.16. The van der Waals surface area contributed by atoms with Gasteiger partial charge in [-0.1, -0.05) is 18.7 Å². The van der Waals surface area contributed by atoms with E-state index in [1.807, 2.05) is 0 Å². The van der Waals surface area contributed by atoms with Crippen LogP contribution >= 0.6 is 11.8 Å². The predicted molar refractivity (Wildman–Crippen MR) is 54.3 cm³/mol. The second-order valence-corrected chi connectivity index (χ2v) is 4.95. The van der Waals surface area contributed by atoms with E-state index in [0.717, 1.165) is 18.1 Å². The highest BCUT2D eigenvalue weighted by atomic mass is 32.2. The lowest BCUT2D eigenvalue weighted by atomic mass is 10.00. The zero-order valence-corrected chi connectivity index (χ0v) is 8.71. The molecule has 4 nitrogen and oxygen atoms in total. The molecule has 0 bridgehead atoms. The predicted octanol–water partition coefficient (Wildman–Crippen LogP) is 0.110. The molecule has 2 heterocycles. The Kier molecular flexibility index (Phi) is 2.49. The topological polar surface area (TPSA) is 47.9 Å². The Hall–Kier alpha value is -0.260. The lowest BCUT2D eigenvalue weighted by molar-refractivity contribution is 0.232. The van der Waals surface area contributed by atoms with Crippen molar-refractivity contribution in [3.8, 4) is 0 Å². The number of hydrogen-bond donors (Lipinski definition) is 2. The molecule has 2 aliphatic heterocycles. The molecule has 3 atom stereocenters. The second-order valence-electron chi connectivity index (χ2n) is 3.85. The maximum Gasteiger partial charge on any atom is 0.194 e. The molecule has 2 aliphatic rings. The van der Waals surface area contributed by atoms with E-state index >= 15 is 0 Å². The Balaban J connectivity index is 2.01. The minimum atomic E-state index is -0.534. The Morgan fingerprint density at radius 1 is 1.62 bits per heavy atom. The number of likely N-dealkylation sites (tertiary alicyclic amines) is 1. The SMILES string of the molecule is C[C@@H]1CN(C)C[C@@H]1C1=NNC(O)S1. The second kappa shape index (κ2) is 3.48. The zero-order chi connectivity index (χ0) is 9.42. The van der Waals surface area contributed by atoms with Crippen molar-refractivity contribution in [1.29, 1.82) is 0 Å². The number of nitrogens with zero attached hydrogens (tertiary/aromatic N) is 2. The summed E-state index contributed by atoms with van der Waals surface area (Å²) in [5.74, 6) is 1.14. The molecule has 0 aromatic carbocycles. The molecule has 1 fully saturated rings. The van der Waals surface area contributed by atoms with Gasteiger partial charge in [-0.2, -0.15) is 5.10 Å². The molecular weight excluding hydrogens is 186 g/mol. The molecular formula is C8H15N3OS.